The predicted molar refractivity (Wildman–Crippen MR) is 115 cm³/mol. The molecule has 0 radical (unpaired) electrons. The van der Waals surface area contributed by atoms with E-state index in [-0.39, 0.29) is 11.8 Å². The van der Waals surface area contributed by atoms with Crippen LogP contribution in [0, 0.1) is 11.8 Å². The zero-order chi connectivity index (χ0) is 19.8. The van der Waals surface area contributed by atoms with Gasteiger partial charge in [0.1, 0.15) is 5.75 Å². The Balaban J connectivity index is 1.38. The van der Waals surface area contributed by atoms with E-state index in [0.717, 1.165) is 49.3 Å². The van der Waals surface area contributed by atoms with Crippen LogP contribution in [0.4, 0.5) is 0 Å². The molecule has 2 fully saturated rings. The van der Waals surface area contributed by atoms with E-state index in [9.17, 15) is 5.11 Å². The number of benzene rings is 2. The summed E-state index contributed by atoms with van der Waals surface area (Å²) in [4.78, 5) is 6.96. The Hall–Kier alpha value is -2.43. The third kappa shape index (κ3) is 3.30. The van der Waals surface area contributed by atoms with Crippen molar-refractivity contribution in [3.05, 3.63) is 71.9 Å². The molecule has 5 rings (SSSR count). The lowest BCUT2D eigenvalue weighted by Gasteiger charge is -2.53. The topological polar surface area (TPSA) is 45.6 Å². The lowest BCUT2D eigenvalue weighted by atomic mass is 9.62. The van der Waals surface area contributed by atoms with Crippen molar-refractivity contribution in [1.82, 2.24) is 9.88 Å². The van der Waals surface area contributed by atoms with Gasteiger partial charge in [-0.15, -0.1) is 0 Å². The third-order valence-electron chi connectivity index (χ3n) is 6.93. The molecule has 2 bridgehead atoms. The molecule has 0 spiro atoms. The van der Waals surface area contributed by atoms with Crippen LogP contribution in [-0.4, -0.2) is 35.2 Å². The van der Waals surface area contributed by atoms with Crippen LogP contribution in [0.3, 0.4) is 0 Å². The number of piperidine rings is 1. The lowest BCUT2D eigenvalue weighted by Crippen LogP contribution is -2.57. The minimum Gasteiger partial charge on any atom is -0.497 e. The fourth-order valence-corrected chi connectivity index (χ4v) is 5.48. The number of fused-ring (bicyclic) bond motifs is 3. The van der Waals surface area contributed by atoms with Gasteiger partial charge in [0.15, 0.2) is 0 Å². The van der Waals surface area contributed by atoms with Crippen LogP contribution in [-0.2, 0) is 12.1 Å². The highest BCUT2D eigenvalue weighted by Gasteiger charge is 2.51. The molecule has 4 heteroatoms. The van der Waals surface area contributed by atoms with Crippen LogP contribution in [0.25, 0.3) is 10.9 Å². The number of aliphatic hydroxyl groups is 1. The van der Waals surface area contributed by atoms with Gasteiger partial charge in [0.05, 0.1) is 18.2 Å². The van der Waals surface area contributed by atoms with Crippen molar-refractivity contribution in [2.24, 2.45) is 11.8 Å². The number of hydrogen-bond acceptors (Lipinski definition) is 4. The molecule has 4 nitrogen and oxygen atoms in total. The van der Waals surface area contributed by atoms with Gasteiger partial charge in [-0.2, -0.15) is 0 Å². The van der Waals surface area contributed by atoms with Gasteiger partial charge in [-0.05, 0) is 54.3 Å². The Morgan fingerprint density at radius 3 is 2.55 bits per heavy atom. The first-order valence-corrected chi connectivity index (χ1v) is 10.6. The molecule has 1 aliphatic heterocycles. The van der Waals surface area contributed by atoms with Crippen molar-refractivity contribution >= 4 is 10.9 Å². The first-order chi connectivity index (χ1) is 14.2. The molecule has 1 N–H and O–H groups in total. The lowest BCUT2D eigenvalue weighted by molar-refractivity contribution is -0.148. The maximum absolute atomic E-state index is 11.8. The Morgan fingerprint density at radius 1 is 1.07 bits per heavy atom. The summed E-state index contributed by atoms with van der Waals surface area (Å²) in [5.41, 5.74) is 2.68. The molecule has 0 amide bonds. The number of rotatable bonds is 4. The van der Waals surface area contributed by atoms with E-state index in [4.69, 9.17) is 4.74 Å². The number of likely N-dealkylation sites (tertiary alicyclic amines) is 1. The van der Waals surface area contributed by atoms with Gasteiger partial charge < -0.3 is 9.84 Å². The molecule has 3 aromatic rings. The fraction of sp³-hybridized carbons (Fsp3) is 0.400. The van der Waals surface area contributed by atoms with Crippen molar-refractivity contribution in [3.8, 4) is 5.75 Å². The summed E-state index contributed by atoms with van der Waals surface area (Å²) in [6, 6.07) is 18.7. The molecule has 1 aliphatic carbocycles. The van der Waals surface area contributed by atoms with Crippen LogP contribution in [0.1, 0.15) is 30.4 Å². The third-order valence-corrected chi connectivity index (χ3v) is 6.93. The van der Waals surface area contributed by atoms with E-state index in [0.29, 0.717) is 0 Å². The molecular formula is C25H28N2O2. The van der Waals surface area contributed by atoms with E-state index >= 15 is 0 Å². The van der Waals surface area contributed by atoms with Gasteiger partial charge in [-0.3, -0.25) is 9.88 Å². The van der Waals surface area contributed by atoms with Crippen LogP contribution in [0.15, 0.2) is 60.8 Å². The number of pyridine rings is 1. The number of aromatic nitrogens is 1. The molecule has 1 saturated heterocycles. The summed E-state index contributed by atoms with van der Waals surface area (Å²) < 4.78 is 5.30. The molecule has 150 valence electrons. The number of hydrogen-bond donors (Lipinski definition) is 1. The molecule has 2 atom stereocenters. The Labute approximate surface area is 172 Å². The van der Waals surface area contributed by atoms with Crippen LogP contribution >= 0.6 is 0 Å². The highest BCUT2D eigenvalue weighted by molar-refractivity contribution is 5.78. The highest BCUT2D eigenvalue weighted by atomic mass is 16.5. The summed E-state index contributed by atoms with van der Waals surface area (Å²) in [6.07, 6.45) is 5.21. The normalized spacial score (nSPS) is 27.1. The molecule has 2 aliphatic rings. The Kier molecular flexibility index (Phi) is 4.76. The first kappa shape index (κ1) is 18.6. The van der Waals surface area contributed by atoms with Crippen LogP contribution in [0.2, 0.25) is 0 Å². The summed E-state index contributed by atoms with van der Waals surface area (Å²) in [5, 5.41) is 13.0. The van der Waals surface area contributed by atoms with Crippen LogP contribution < -0.4 is 4.74 Å². The van der Waals surface area contributed by atoms with Gasteiger partial charge in [-0.25, -0.2) is 0 Å². The largest absolute Gasteiger partial charge is 0.497 e. The molecule has 29 heavy (non-hydrogen) atoms. The Morgan fingerprint density at radius 2 is 1.83 bits per heavy atom. The molecule has 0 unspecified atom stereocenters. The SMILES string of the molecule is COc1ccc(C2(O)[C@@H]3CCC[C@@H]2CN(Cc2ccc4ncccc4c2)C3)cc1. The average Bonchev–Trinajstić information content (AvgIpc) is 2.74. The maximum Gasteiger partial charge on any atom is 0.118 e. The minimum atomic E-state index is -0.728. The summed E-state index contributed by atoms with van der Waals surface area (Å²) in [7, 11) is 1.68. The summed E-state index contributed by atoms with van der Waals surface area (Å²) in [5.74, 6) is 1.38. The summed E-state index contributed by atoms with van der Waals surface area (Å²) >= 11 is 0. The average molecular weight is 389 g/mol. The van der Waals surface area contributed by atoms with Gasteiger partial charge in [0.2, 0.25) is 0 Å². The van der Waals surface area contributed by atoms with E-state index in [1.165, 1.54) is 17.4 Å². The standard InChI is InChI=1S/C25H28N2O2/c1-29-23-10-8-20(9-11-23)25(28)21-5-2-6-22(25)17-27(16-21)15-18-7-12-24-19(14-18)4-3-13-26-24/h3-4,7-14,21-22,28H,2,5-6,15-17H2,1H3/t21-,22-/m1/s1. The predicted octanol–water partition coefficient (Wildman–Crippen LogP) is 4.36. The van der Waals surface area contributed by atoms with Crippen molar-refractivity contribution in [3.63, 3.8) is 0 Å². The zero-order valence-electron chi connectivity index (χ0n) is 16.9. The summed E-state index contributed by atoms with van der Waals surface area (Å²) in [6.45, 7) is 2.80. The second kappa shape index (κ2) is 7.43. The molecule has 2 heterocycles. The number of nitrogens with zero attached hydrogens (tertiary/aromatic N) is 2. The van der Waals surface area contributed by atoms with Crippen molar-refractivity contribution < 1.29 is 9.84 Å². The zero-order valence-corrected chi connectivity index (χ0v) is 16.9. The fourth-order valence-electron chi connectivity index (χ4n) is 5.48. The van der Waals surface area contributed by atoms with Gasteiger partial charge in [-0.1, -0.05) is 30.7 Å². The molecule has 1 aromatic heterocycles. The van der Waals surface area contributed by atoms with Gasteiger partial charge in [0, 0.05) is 43.1 Å². The van der Waals surface area contributed by atoms with Crippen LogP contribution in [0.5, 0.6) is 5.75 Å². The second-order valence-corrected chi connectivity index (χ2v) is 8.60. The molecule has 2 aromatic carbocycles. The quantitative estimate of drug-likeness (QED) is 0.721. The van der Waals surface area contributed by atoms with E-state index < -0.39 is 5.60 Å². The minimum absolute atomic E-state index is 0.269. The van der Waals surface area contributed by atoms with E-state index in [1.54, 1.807) is 7.11 Å². The van der Waals surface area contributed by atoms with E-state index in [2.05, 4.69) is 46.3 Å². The van der Waals surface area contributed by atoms with Gasteiger partial charge in [0.25, 0.3) is 0 Å². The highest BCUT2D eigenvalue weighted by Crippen LogP contribution is 2.49. The maximum atomic E-state index is 11.8. The molecule has 1 saturated carbocycles. The number of methoxy groups -OCH3 is 1. The Bertz CT molecular complexity index is 987. The first-order valence-electron chi connectivity index (χ1n) is 10.6. The van der Waals surface area contributed by atoms with Gasteiger partial charge >= 0.3 is 0 Å². The smallest absolute Gasteiger partial charge is 0.118 e. The van der Waals surface area contributed by atoms with Crippen molar-refractivity contribution in [2.75, 3.05) is 20.2 Å². The monoisotopic (exact) mass is 388 g/mol. The molecular weight excluding hydrogens is 360 g/mol. The van der Waals surface area contributed by atoms with E-state index in [1.807, 2.05) is 24.4 Å². The second-order valence-electron chi connectivity index (χ2n) is 8.60. The van der Waals surface area contributed by atoms with Crippen molar-refractivity contribution in [1.29, 1.82) is 0 Å². The van der Waals surface area contributed by atoms with Crippen molar-refractivity contribution in [2.45, 2.75) is 31.4 Å². The number of ether oxygens (including phenoxy) is 1.